The van der Waals surface area contributed by atoms with Crippen molar-refractivity contribution in [3.8, 4) is 17.6 Å². The normalized spacial score (nSPS) is 13.1. The Kier molecular flexibility index (Phi) is 2.89. The van der Waals surface area contributed by atoms with E-state index >= 15 is 0 Å². The van der Waals surface area contributed by atoms with Gasteiger partial charge in [0.1, 0.15) is 11.6 Å². The van der Waals surface area contributed by atoms with Gasteiger partial charge in [0.25, 0.3) is 0 Å². The van der Waals surface area contributed by atoms with Crippen molar-refractivity contribution in [1.82, 2.24) is 20.6 Å². The van der Waals surface area contributed by atoms with Crippen LogP contribution in [0.4, 0.5) is 10.1 Å². The van der Waals surface area contributed by atoms with Gasteiger partial charge in [-0.25, -0.2) is 4.39 Å². The Morgan fingerprint density at radius 1 is 1.45 bits per heavy atom. The third-order valence-corrected chi connectivity index (χ3v) is 2.54. The Balaban J connectivity index is 1.87. The monoisotopic (exact) mass is 274 g/mol. The molecule has 0 unspecified atom stereocenters. The van der Waals surface area contributed by atoms with E-state index in [0.717, 1.165) is 0 Å². The van der Waals surface area contributed by atoms with Crippen molar-refractivity contribution < 1.29 is 13.9 Å². The first-order valence-corrected chi connectivity index (χ1v) is 5.47. The molecule has 0 bridgehead atoms. The Morgan fingerprint density at radius 2 is 2.25 bits per heavy atom. The summed E-state index contributed by atoms with van der Waals surface area (Å²) in [4.78, 5) is 0. The van der Waals surface area contributed by atoms with Gasteiger partial charge in [-0.1, -0.05) is 0 Å². The predicted octanol–water partition coefficient (Wildman–Crippen LogP) is 1.04. The second kappa shape index (κ2) is 4.85. The highest BCUT2D eigenvalue weighted by Crippen LogP contribution is 2.36. The zero-order chi connectivity index (χ0) is 13.9. The molecular weight excluding hydrogens is 267 g/mol. The highest BCUT2D eigenvalue weighted by atomic mass is 19.1. The van der Waals surface area contributed by atoms with Crippen LogP contribution in [0, 0.1) is 17.1 Å². The molecule has 8 nitrogen and oxygen atoms in total. The van der Waals surface area contributed by atoms with E-state index in [1.807, 2.05) is 6.07 Å². The molecule has 1 aromatic heterocycles. The van der Waals surface area contributed by atoms with E-state index in [1.54, 1.807) is 0 Å². The summed E-state index contributed by atoms with van der Waals surface area (Å²) in [6.07, 6.45) is 1.28. The van der Waals surface area contributed by atoms with Crippen molar-refractivity contribution in [2.45, 2.75) is 0 Å². The summed E-state index contributed by atoms with van der Waals surface area (Å²) in [5.74, 6) is 0.355. The minimum atomic E-state index is -0.532. The third kappa shape index (κ3) is 2.10. The lowest BCUT2D eigenvalue weighted by molar-refractivity contribution is 0.174. The van der Waals surface area contributed by atoms with Crippen molar-refractivity contribution in [3.05, 3.63) is 30.0 Å². The Hall–Kier alpha value is -3.15. The van der Waals surface area contributed by atoms with Gasteiger partial charge < -0.3 is 14.8 Å². The molecule has 0 atom stereocenters. The number of nitrogens with one attached hydrogen (secondary N) is 2. The van der Waals surface area contributed by atoms with E-state index in [2.05, 4.69) is 25.9 Å². The van der Waals surface area contributed by atoms with Gasteiger partial charge in [-0.2, -0.15) is 10.5 Å². The molecular formula is C11H7FN6O2. The molecule has 2 aromatic rings. The highest BCUT2D eigenvalue weighted by Gasteiger charge is 2.17. The first-order chi connectivity index (χ1) is 9.78. The molecule has 9 heteroatoms. The van der Waals surface area contributed by atoms with E-state index in [1.165, 1.54) is 18.3 Å². The molecule has 1 aliphatic rings. The number of aromatic nitrogens is 4. The second-order valence-electron chi connectivity index (χ2n) is 3.73. The number of allylic oxidation sites excluding steroid dienone is 1. The zero-order valence-electron chi connectivity index (χ0n) is 9.92. The fourth-order valence-electron chi connectivity index (χ4n) is 1.60. The molecule has 2 heterocycles. The van der Waals surface area contributed by atoms with Gasteiger partial charge in [-0.05, 0) is 5.21 Å². The van der Waals surface area contributed by atoms with Crippen LogP contribution in [0.3, 0.4) is 0 Å². The van der Waals surface area contributed by atoms with E-state index in [4.69, 9.17) is 14.7 Å². The second-order valence-corrected chi connectivity index (χ2v) is 3.73. The van der Waals surface area contributed by atoms with Crippen LogP contribution in [0.2, 0.25) is 0 Å². The number of anilines is 1. The van der Waals surface area contributed by atoms with Gasteiger partial charge in [0.2, 0.25) is 12.6 Å². The van der Waals surface area contributed by atoms with Gasteiger partial charge in [0.15, 0.2) is 17.3 Å². The lowest BCUT2D eigenvalue weighted by Crippen LogP contribution is -1.95. The molecule has 100 valence electrons. The van der Waals surface area contributed by atoms with E-state index in [9.17, 15) is 4.39 Å². The maximum absolute atomic E-state index is 13.8. The van der Waals surface area contributed by atoms with Crippen LogP contribution in [-0.4, -0.2) is 27.4 Å². The largest absolute Gasteiger partial charge is 0.454 e. The molecule has 0 amide bonds. The molecule has 0 saturated carbocycles. The smallest absolute Gasteiger partial charge is 0.231 e. The number of ether oxygens (including phenoxy) is 2. The summed E-state index contributed by atoms with van der Waals surface area (Å²) < 4.78 is 24.0. The van der Waals surface area contributed by atoms with Crippen molar-refractivity contribution >= 4 is 11.3 Å². The van der Waals surface area contributed by atoms with E-state index < -0.39 is 5.82 Å². The number of halogens is 1. The number of rotatable bonds is 3. The van der Waals surface area contributed by atoms with Gasteiger partial charge in [-0.3, -0.25) is 0 Å². The number of hydrogen-bond donors (Lipinski definition) is 2. The van der Waals surface area contributed by atoms with Gasteiger partial charge >= 0.3 is 0 Å². The summed E-state index contributed by atoms with van der Waals surface area (Å²) in [5, 5.41) is 24.5. The van der Waals surface area contributed by atoms with Crippen molar-refractivity contribution in [2.24, 2.45) is 0 Å². The summed E-state index contributed by atoms with van der Waals surface area (Å²) >= 11 is 0. The van der Waals surface area contributed by atoms with Gasteiger partial charge in [-0.15, -0.1) is 10.2 Å². The fraction of sp³-hybridized carbons (Fsp3) is 0.0909. The molecule has 1 aliphatic heterocycles. The number of benzene rings is 1. The van der Waals surface area contributed by atoms with Crippen molar-refractivity contribution in [1.29, 1.82) is 5.26 Å². The molecule has 0 saturated heterocycles. The average molecular weight is 274 g/mol. The predicted molar refractivity (Wildman–Crippen MR) is 63.9 cm³/mol. The summed E-state index contributed by atoms with van der Waals surface area (Å²) in [7, 11) is 0. The van der Waals surface area contributed by atoms with Crippen LogP contribution in [0.15, 0.2) is 18.3 Å². The summed E-state index contributed by atoms with van der Waals surface area (Å²) in [6, 6.07) is 4.53. The van der Waals surface area contributed by atoms with Crippen LogP contribution in [-0.2, 0) is 0 Å². The number of tetrazole rings is 1. The molecule has 0 fully saturated rings. The highest BCUT2D eigenvalue weighted by molar-refractivity contribution is 5.74. The molecule has 20 heavy (non-hydrogen) atoms. The van der Waals surface area contributed by atoms with Gasteiger partial charge in [0.05, 0.1) is 5.69 Å². The maximum Gasteiger partial charge on any atom is 0.231 e. The molecule has 0 spiro atoms. The fourth-order valence-corrected chi connectivity index (χ4v) is 1.60. The molecule has 0 aliphatic carbocycles. The number of nitrogens with zero attached hydrogens (tertiary/aromatic N) is 4. The van der Waals surface area contributed by atoms with Crippen LogP contribution in [0.5, 0.6) is 11.5 Å². The van der Waals surface area contributed by atoms with Crippen LogP contribution < -0.4 is 14.8 Å². The number of aromatic amines is 1. The average Bonchev–Trinajstić information content (AvgIpc) is 3.10. The van der Waals surface area contributed by atoms with Crippen molar-refractivity contribution in [2.75, 3.05) is 12.1 Å². The summed E-state index contributed by atoms with van der Waals surface area (Å²) in [6.45, 7) is 0.0559. The lowest BCUT2D eigenvalue weighted by Gasteiger charge is -2.04. The third-order valence-electron chi connectivity index (χ3n) is 2.54. The number of fused-ring (bicyclic) bond motifs is 1. The molecule has 2 N–H and O–H groups in total. The first kappa shape index (κ1) is 11.9. The lowest BCUT2D eigenvalue weighted by atomic mass is 10.2. The first-order valence-electron chi connectivity index (χ1n) is 5.47. The molecule has 0 radical (unpaired) electrons. The Morgan fingerprint density at radius 3 is 2.95 bits per heavy atom. The van der Waals surface area contributed by atoms with Crippen LogP contribution in [0.25, 0.3) is 5.57 Å². The SMILES string of the molecule is N#CC(=CNc1cc2c(cc1F)OCO2)c1nn[nH]n1. The van der Waals surface area contributed by atoms with Gasteiger partial charge in [0, 0.05) is 18.3 Å². The maximum atomic E-state index is 13.8. The minimum Gasteiger partial charge on any atom is -0.454 e. The number of hydrogen-bond acceptors (Lipinski definition) is 7. The minimum absolute atomic E-state index is 0.0559. The Labute approximate surface area is 111 Å². The zero-order valence-corrected chi connectivity index (χ0v) is 9.92. The van der Waals surface area contributed by atoms with E-state index in [0.29, 0.717) is 11.5 Å². The topological polar surface area (TPSA) is 109 Å². The number of H-pyrrole nitrogens is 1. The quantitative estimate of drug-likeness (QED) is 0.805. The summed E-state index contributed by atoms with van der Waals surface area (Å²) in [5.41, 5.74) is 0.251. The van der Waals surface area contributed by atoms with Crippen LogP contribution >= 0.6 is 0 Å². The van der Waals surface area contributed by atoms with E-state index in [-0.39, 0.29) is 23.9 Å². The standard InChI is InChI=1S/C11H7FN6O2/c12-7-1-9-10(20-5-19-9)2-8(7)14-4-6(3-13)11-15-17-18-16-11/h1-2,4,14H,5H2,(H,15,16,17,18). The molecule has 1 aromatic carbocycles. The number of nitriles is 1. The van der Waals surface area contributed by atoms with Crippen LogP contribution in [0.1, 0.15) is 5.82 Å². The van der Waals surface area contributed by atoms with Crippen molar-refractivity contribution in [3.63, 3.8) is 0 Å². The molecule has 3 rings (SSSR count). The Bertz CT molecular complexity index is 706.